The van der Waals surface area contributed by atoms with Crippen molar-refractivity contribution in [2.24, 2.45) is 0 Å². The van der Waals surface area contributed by atoms with E-state index in [1.54, 1.807) is 18.3 Å². The number of nitrogen functional groups attached to an aromatic ring is 1. The van der Waals surface area contributed by atoms with Crippen molar-refractivity contribution >= 4 is 17.6 Å². The minimum absolute atomic E-state index is 0.106. The lowest BCUT2D eigenvalue weighted by molar-refractivity contribution is -0.128. The van der Waals surface area contributed by atoms with E-state index in [0.717, 1.165) is 0 Å². The first-order valence-corrected chi connectivity index (χ1v) is 6.36. The number of anilines is 1. The highest BCUT2D eigenvalue weighted by Crippen LogP contribution is 2.16. The average molecular weight is 288 g/mol. The Bertz CT molecular complexity index is 666. The van der Waals surface area contributed by atoms with E-state index < -0.39 is 12.1 Å². The molecule has 0 saturated carbocycles. The van der Waals surface area contributed by atoms with Crippen molar-refractivity contribution in [2.75, 3.05) is 12.8 Å². The highest BCUT2D eigenvalue weighted by Gasteiger charge is 2.19. The summed E-state index contributed by atoms with van der Waals surface area (Å²) in [5, 5.41) is 6.51. The number of hydrogen-bond donors (Lipinski definition) is 2. The normalized spacial score (nSPS) is 11.7. The van der Waals surface area contributed by atoms with Crippen LogP contribution in [0, 0.1) is 0 Å². The van der Waals surface area contributed by atoms with Crippen LogP contribution < -0.4 is 11.1 Å². The Morgan fingerprint density at radius 1 is 1.33 bits per heavy atom. The maximum Gasteiger partial charge on any atom is 0.359 e. The summed E-state index contributed by atoms with van der Waals surface area (Å²) in [5.74, 6) is -1.05. The molecule has 21 heavy (non-hydrogen) atoms. The van der Waals surface area contributed by atoms with Gasteiger partial charge < -0.3 is 15.8 Å². The van der Waals surface area contributed by atoms with Gasteiger partial charge in [0.2, 0.25) is 0 Å². The van der Waals surface area contributed by atoms with E-state index in [4.69, 9.17) is 10.5 Å². The van der Waals surface area contributed by atoms with E-state index in [9.17, 15) is 9.59 Å². The molecule has 0 bridgehead atoms. The second-order valence-electron chi connectivity index (χ2n) is 4.37. The fourth-order valence-electron chi connectivity index (χ4n) is 1.74. The minimum Gasteiger partial charge on any atom is -0.448 e. The molecule has 1 aromatic carbocycles. The summed E-state index contributed by atoms with van der Waals surface area (Å²) in [7, 11) is 1.47. The number of nitrogens with two attached hydrogens (primary N) is 1. The number of ether oxygens (including phenoxy) is 1. The van der Waals surface area contributed by atoms with Crippen LogP contribution in [0.15, 0.2) is 36.5 Å². The fraction of sp³-hybridized carbons (Fsp3) is 0.214. The van der Waals surface area contributed by atoms with Gasteiger partial charge in [0.15, 0.2) is 11.8 Å². The molecule has 3 N–H and O–H groups in total. The van der Waals surface area contributed by atoms with Gasteiger partial charge in [-0.1, -0.05) is 12.1 Å². The van der Waals surface area contributed by atoms with E-state index in [-0.39, 0.29) is 11.6 Å². The molecule has 0 radical (unpaired) electrons. The first-order chi connectivity index (χ1) is 10.0. The van der Waals surface area contributed by atoms with Crippen LogP contribution in [0.25, 0.3) is 5.69 Å². The highest BCUT2D eigenvalue weighted by molar-refractivity contribution is 5.90. The predicted molar refractivity (Wildman–Crippen MR) is 76.9 cm³/mol. The lowest BCUT2D eigenvalue weighted by Crippen LogP contribution is -2.33. The Morgan fingerprint density at radius 3 is 2.71 bits per heavy atom. The van der Waals surface area contributed by atoms with Crippen molar-refractivity contribution in [1.82, 2.24) is 15.1 Å². The number of aromatic nitrogens is 2. The standard InChI is InChI=1S/C14H16N4O3/c1-9(13(19)16-2)21-14(20)11-7-8-18(17-11)12-6-4-3-5-10(12)15/h3-9H,15H2,1-2H3,(H,16,19). The van der Waals surface area contributed by atoms with Crippen molar-refractivity contribution < 1.29 is 14.3 Å². The minimum atomic E-state index is -0.880. The van der Waals surface area contributed by atoms with Gasteiger partial charge >= 0.3 is 5.97 Å². The molecule has 1 amide bonds. The summed E-state index contributed by atoms with van der Waals surface area (Å²) in [6.07, 6.45) is 0.724. The number of carbonyl (C=O) groups excluding carboxylic acids is 2. The summed E-state index contributed by atoms with van der Waals surface area (Å²) in [6, 6.07) is 8.65. The molecular weight excluding hydrogens is 272 g/mol. The topological polar surface area (TPSA) is 99.2 Å². The van der Waals surface area contributed by atoms with Crippen LogP contribution in [0.5, 0.6) is 0 Å². The Hall–Kier alpha value is -2.83. The number of benzene rings is 1. The van der Waals surface area contributed by atoms with Crippen molar-refractivity contribution in [3.8, 4) is 5.69 Å². The van der Waals surface area contributed by atoms with Gasteiger partial charge in [-0.05, 0) is 25.1 Å². The van der Waals surface area contributed by atoms with E-state index in [1.165, 1.54) is 24.7 Å². The maximum atomic E-state index is 11.9. The SMILES string of the molecule is CNC(=O)C(C)OC(=O)c1ccn(-c2ccccc2N)n1. The molecule has 1 heterocycles. The van der Waals surface area contributed by atoms with E-state index in [2.05, 4.69) is 10.4 Å². The second kappa shape index (κ2) is 6.08. The van der Waals surface area contributed by atoms with Crippen molar-refractivity contribution in [3.05, 3.63) is 42.2 Å². The number of nitrogens with one attached hydrogen (secondary N) is 1. The molecule has 0 fully saturated rings. The second-order valence-corrected chi connectivity index (χ2v) is 4.37. The Kier molecular flexibility index (Phi) is 4.22. The van der Waals surface area contributed by atoms with Gasteiger partial charge in [-0.15, -0.1) is 0 Å². The van der Waals surface area contributed by atoms with Gasteiger partial charge in [-0.25, -0.2) is 9.48 Å². The van der Waals surface area contributed by atoms with Crippen LogP contribution in [0.4, 0.5) is 5.69 Å². The lowest BCUT2D eigenvalue weighted by atomic mass is 10.3. The number of hydrogen-bond acceptors (Lipinski definition) is 5. The van der Waals surface area contributed by atoms with Crippen LogP contribution in [-0.4, -0.2) is 34.8 Å². The zero-order chi connectivity index (χ0) is 15.4. The third-order valence-corrected chi connectivity index (χ3v) is 2.88. The Morgan fingerprint density at radius 2 is 2.05 bits per heavy atom. The molecule has 0 saturated heterocycles. The average Bonchev–Trinajstić information content (AvgIpc) is 2.96. The molecule has 0 aliphatic heterocycles. The third-order valence-electron chi connectivity index (χ3n) is 2.88. The van der Waals surface area contributed by atoms with Crippen LogP contribution in [0.3, 0.4) is 0 Å². The summed E-state index contributed by atoms with van der Waals surface area (Å²) in [6.45, 7) is 1.49. The van der Waals surface area contributed by atoms with Crippen LogP contribution in [0.2, 0.25) is 0 Å². The molecule has 2 rings (SSSR count). The molecule has 7 nitrogen and oxygen atoms in total. The highest BCUT2D eigenvalue weighted by atomic mass is 16.5. The third kappa shape index (κ3) is 3.19. The van der Waals surface area contributed by atoms with Crippen LogP contribution >= 0.6 is 0 Å². The Labute approximate surface area is 121 Å². The molecular formula is C14H16N4O3. The molecule has 1 atom stereocenters. The lowest BCUT2D eigenvalue weighted by Gasteiger charge is -2.10. The summed E-state index contributed by atoms with van der Waals surface area (Å²) < 4.78 is 6.49. The van der Waals surface area contributed by atoms with E-state index in [0.29, 0.717) is 11.4 Å². The summed E-state index contributed by atoms with van der Waals surface area (Å²) in [4.78, 5) is 23.2. The van der Waals surface area contributed by atoms with E-state index in [1.807, 2.05) is 12.1 Å². The van der Waals surface area contributed by atoms with Crippen molar-refractivity contribution in [2.45, 2.75) is 13.0 Å². The smallest absolute Gasteiger partial charge is 0.359 e. The first-order valence-electron chi connectivity index (χ1n) is 6.36. The molecule has 1 aromatic heterocycles. The number of nitrogens with zero attached hydrogens (tertiary/aromatic N) is 2. The van der Waals surface area contributed by atoms with Gasteiger partial charge in [-0.2, -0.15) is 5.10 Å². The van der Waals surface area contributed by atoms with E-state index >= 15 is 0 Å². The van der Waals surface area contributed by atoms with Crippen LogP contribution in [-0.2, 0) is 9.53 Å². The van der Waals surface area contributed by atoms with Gasteiger partial charge in [0, 0.05) is 13.2 Å². The number of para-hydroxylation sites is 2. The number of esters is 1. The molecule has 2 aromatic rings. The zero-order valence-corrected chi connectivity index (χ0v) is 11.7. The molecule has 0 aliphatic rings. The van der Waals surface area contributed by atoms with Crippen LogP contribution in [0.1, 0.15) is 17.4 Å². The van der Waals surface area contributed by atoms with Gasteiger partial charge in [0.1, 0.15) is 0 Å². The molecule has 1 unspecified atom stereocenters. The fourth-order valence-corrected chi connectivity index (χ4v) is 1.74. The summed E-state index contributed by atoms with van der Waals surface area (Å²) >= 11 is 0. The number of carbonyl (C=O) groups is 2. The Balaban J connectivity index is 2.15. The van der Waals surface area contributed by atoms with Crippen molar-refractivity contribution in [3.63, 3.8) is 0 Å². The maximum absolute atomic E-state index is 11.9. The van der Waals surface area contributed by atoms with Crippen molar-refractivity contribution in [1.29, 1.82) is 0 Å². The molecule has 110 valence electrons. The summed E-state index contributed by atoms with van der Waals surface area (Å²) in [5.41, 5.74) is 7.16. The molecule has 0 aliphatic carbocycles. The molecule has 7 heteroatoms. The number of amides is 1. The predicted octanol–water partition coefficient (Wildman–Crippen LogP) is 0.746. The number of rotatable bonds is 4. The quantitative estimate of drug-likeness (QED) is 0.638. The molecule has 0 spiro atoms. The monoisotopic (exact) mass is 288 g/mol. The largest absolute Gasteiger partial charge is 0.448 e. The first kappa shape index (κ1) is 14.6. The zero-order valence-electron chi connectivity index (χ0n) is 11.7. The van der Waals surface area contributed by atoms with Gasteiger partial charge in [-0.3, -0.25) is 4.79 Å². The van der Waals surface area contributed by atoms with Gasteiger partial charge in [0.05, 0.1) is 11.4 Å². The van der Waals surface area contributed by atoms with Gasteiger partial charge in [0.25, 0.3) is 5.91 Å². The number of likely N-dealkylation sites (N-methyl/N-ethyl adjacent to an activating group) is 1.